The third-order valence-electron chi connectivity index (χ3n) is 4.12. The summed E-state index contributed by atoms with van der Waals surface area (Å²) in [6.07, 6.45) is 1.92. The first kappa shape index (κ1) is 15.2. The van der Waals surface area contributed by atoms with E-state index in [1.54, 1.807) is 4.90 Å². The van der Waals surface area contributed by atoms with Crippen LogP contribution >= 0.6 is 12.4 Å². The Bertz CT molecular complexity index is 512. The van der Waals surface area contributed by atoms with E-state index in [0.717, 1.165) is 25.5 Å². The predicted octanol–water partition coefficient (Wildman–Crippen LogP) is 2.21. The van der Waals surface area contributed by atoms with Crippen LogP contribution in [-0.2, 0) is 0 Å². The van der Waals surface area contributed by atoms with Crippen LogP contribution in [0.15, 0.2) is 18.2 Å². The first-order chi connectivity index (χ1) is 9.16. The van der Waals surface area contributed by atoms with Gasteiger partial charge in [-0.15, -0.1) is 12.4 Å². The summed E-state index contributed by atoms with van der Waals surface area (Å²) >= 11 is 0. The molecule has 20 heavy (non-hydrogen) atoms. The summed E-state index contributed by atoms with van der Waals surface area (Å²) in [4.78, 5) is 13.9. The van der Waals surface area contributed by atoms with Gasteiger partial charge in [0.2, 0.25) is 0 Å². The quantitative estimate of drug-likeness (QED) is 0.863. The average Bonchev–Trinajstić information content (AvgIpc) is 2.88. The lowest BCUT2D eigenvalue weighted by molar-refractivity contribution is 0.0656. The molecule has 3 rings (SSSR count). The zero-order chi connectivity index (χ0) is 13.4. The van der Waals surface area contributed by atoms with Gasteiger partial charge in [0.25, 0.3) is 5.91 Å². The molecule has 0 aromatic heterocycles. The molecule has 2 fully saturated rings. The molecule has 0 aliphatic carbocycles. The van der Waals surface area contributed by atoms with Crippen LogP contribution in [0.4, 0.5) is 8.78 Å². The summed E-state index contributed by atoms with van der Waals surface area (Å²) in [6.45, 7) is 2.21. The van der Waals surface area contributed by atoms with Gasteiger partial charge in [-0.1, -0.05) is 6.07 Å². The molecule has 0 radical (unpaired) electrons. The summed E-state index contributed by atoms with van der Waals surface area (Å²) in [5.74, 6) is -1.97. The van der Waals surface area contributed by atoms with Crippen molar-refractivity contribution in [2.24, 2.45) is 5.92 Å². The van der Waals surface area contributed by atoms with Crippen LogP contribution in [0.3, 0.4) is 0 Å². The number of piperidine rings is 1. The molecular formula is C14H17ClF2N2O. The summed E-state index contributed by atoms with van der Waals surface area (Å²) in [7, 11) is 0. The zero-order valence-corrected chi connectivity index (χ0v) is 11.8. The molecule has 1 N–H and O–H groups in total. The van der Waals surface area contributed by atoms with E-state index >= 15 is 0 Å². The number of hydrogen-bond donors (Lipinski definition) is 1. The van der Waals surface area contributed by atoms with E-state index in [-0.39, 0.29) is 18.0 Å². The van der Waals surface area contributed by atoms with E-state index in [0.29, 0.717) is 25.0 Å². The molecule has 0 spiro atoms. The van der Waals surface area contributed by atoms with Crippen molar-refractivity contribution in [2.75, 3.05) is 19.6 Å². The fourth-order valence-electron chi connectivity index (χ4n) is 3.07. The number of fused-ring (bicyclic) bond motifs is 1. The first-order valence-electron chi connectivity index (χ1n) is 6.63. The van der Waals surface area contributed by atoms with Gasteiger partial charge < -0.3 is 10.2 Å². The van der Waals surface area contributed by atoms with Crippen molar-refractivity contribution in [3.05, 3.63) is 35.4 Å². The Morgan fingerprint density at radius 1 is 1.30 bits per heavy atom. The summed E-state index contributed by atoms with van der Waals surface area (Å²) in [6, 6.07) is 4.22. The number of halogens is 3. The maximum absolute atomic E-state index is 13.6. The van der Waals surface area contributed by atoms with Crippen LogP contribution in [0.2, 0.25) is 0 Å². The number of hydrogen-bond acceptors (Lipinski definition) is 2. The minimum atomic E-state index is -1.04. The van der Waals surface area contributed by atoms with Gasteiger partial charge in [0, 0.05) is 19.1 Å². The molecule has 2 saturated heterocycles. The van der Waals surface area contributed by atoms with E-state index in [1.807, 2.05) is 0 Å². The van der Waals surface area contributed by atoms with Crippen LogP contribution in [0, 0.1) is 17.6 Å². The fourth-order valence-corrected chi connectivity index (χ4v) is 3.07. The molecule has 2 aliphatic heterocycles. The molecule has 110 valence electrons. The standard InChI is InChI=1S/C14H16F2N2O.ClH/c15-11-3-1-2-10(13(11)16)14(19)18-7-5-12-9(8-18)4-6-17-12;/h1-3,9,12,17H,4-8H2;1H. The number of likely N-dealkylation sites (tertiary alicyclic amines) is 1. The second kappa shape index (κ2) is 6.06. The van der Waals surface area contributed by atoms with Crippen LogP contribution < -0.4 is 5.32 Å². The van der Waals surface area contributed by atoms with E-state index in [2.05, 4.69) is 5.32 Å². The highest BCUT2D eigenvalue weighted by molar-refractivity contribution is 5.94. The monoisotopic (exact) mass is 302 g/mol. The molecule has 2 unspecified atom stereocenters. The largest absolute Gasteiger partial charge is 0.338 e. The molecule has 1 aromatic carbocycles. The van der Waals surface area contributed by atoms with E-state index in [1.165, 1.54) is 12.1 Å². The lowest BCUT2D eigenvalue weighted by Gasteiger charge is -2.35. The topological polar surface area (TPSA) is 32.3 Å². The molecule has 1 aromatic rings. The van der Waals surface area contributed by atoms with Crippen LogP contribution in [0.5, 0.6) is 0 Å². The summed E-state index contributed by atoms with van der Waals surface area (Å²) in [5, 5.41) is 3.41. The number of carbonyl (C=O) groups is 1. The smallest absolute Gasteiger partial charge is 0.256 e. The van der Waals surface area contributed by atoms with Crippen molar-refractivity contribution in [3.8, 4) is 0 Å². The molecule has 2 atom stereocenters. The SMILES string of the molecule is Cl.O=C(c1cccc(F)c1F)N1CCC2NCCC2C1. The van der Waals surface area contributed by atoms with Gasteiger partial charge in [0.15, 0.2) is 11.6 Å². The molecule has 0 saturated carbocycles. The summed E-state index contributed by atoms with van der Waals surface area (Å²) < 4.78 is 26.8. The highest BCUT2D eigenvalue weighted by Crippen LogP contribution is 2.26. The number of nitrogens with zero attached hydrogens (tertiary/aromatic N) is 1. The van der Waals surface area contributed by atoms with Crippen molar-refractivity contribution in [1.82, 2.24) is 10.2 Å². The molecule has 1 amide bonds. The molecular weight excluding hydrogens is 286 g/mol. The molecule has 6 heteroatoms. The van der Waals surface area contributed by atoms with Crippen molar-refractivity contribution in [2.45, 2.75) is 18.9 Å². The Labute approximate surface area is 122 Å². The van der Waals surface area contributed by atoms with Gasteiger partial charge in [-0.2, -0.15) is 0 Å². The minimum Gasteiger partial charge on any atom is -0.338 e. The zero-order valence-electron chi connectivity index (χ0n) is 10.9. The lowest BCUT2D eigenvalue weighted by Crippen LogP contribution is -2.47. The Morgan fingerprint density at radius 2 is 2.10 bits per heavy atom. The first-order valence-corrected chi connectivity index (χ1v) is 6.63. The fraction of sp³-hybridized carbons (Fsp3) is 0.500. The molecule has 3 nitrogen and oxygen atoms in total. The predicted molar refractivity (Wildman–Crippen MR) is 74.0 cm³/mol. The number of rotatable bonds is 1. The van der Waals surface area contributed by atoms with Gasteiger partial charge in [-0.3, -0.25) is 4.79 Å². The highest BCUT2D eigenvalue weighted by atomic mass is 35.5. The second-order valence-corrected chi connectivity index (χ2v) is 5.25. The van der Waals surface area contributed by atoms with Crippen molar-refractivity contribution >= 4 is 18.3 Å². The van der Waals surface area contributed by atoms with Gasteiger partial charge in [0.05, 0.1) is 5.56 Å². The van der Waals surface area contributed by atoms with E-state index in [4.69, 9.17) is 0 Å². The molecule has 0 bridgehead atoms. The Balaban J connectivity index is 0.00000147. The van der Waals surface area contributed by atoms with Gasteiger partial charge >= 0.3 is 0 Å². The number of benzene rings is 1. The van der Waals surface area contributed by atoms with Gasteiger partial charge in [0.1, 0.15) is 0 Å². The van der Waals surface area contributed by atoms with Crippen LogP contribution in [0.25, 0.3) is 0 Å². The molecule has 2 heterocycles. The number of nitrogens with one attached hydrogen (secondary N) is 1. The summed E-state index contributed by atoms with van der Waals surface area (Å²) in [5.41, 5.74) is -0.163. The number of amides is 1. The minimum absolute atomic E-state index is 0. The Kier molecular flexibility index (Phi) is 4.60. The maximum atomic E-state index is 13.6. The van der Waals surface area contributed by atoms with Crippen molar-refractivity contribution in [3.63, 3.8) is 0 Å². The van der Waals surface area contributed by atoms with Crippen LogP contribution in [0.1, 0.15) is 23.2 Å². The average molecular weight is 303 g/mol. The third kappa shape index (κ3) is 2.65. The molecule has 2 aliphatic rings. The highest BCUT2D eigenvalue weighted by Gasteiger charge is 2.35. The number of carbonyl (C=O) groups excluding carboxylic acids is 1. The van der Waals surface area contributed by atoms with Crippen molar-refractivity contribution in [1.29, 1.82) is 0 Å². The third-order valence-corrected chi connectivity index (χ3v) is 4.12. The van der Waals surface area contributed by atoms with E-state index in [9.17, 15) is 13.6 Å². The van der Waals surface area contributed by atoms with Gasteiger partial charge in [-0.05, 0) is 37.4 Å². The van der Waals surface area contributed by atoms with Gasteiger partial charge in [-0.25, -0.2) is 8.78 Å². The van der Waals surface area contributed by atoms with E-state index < -0.39 is 17.5 Å². The second-order valence-electron chi connectivity index (χ2n) is 5.25. The van der Waals surface area contributed by atoms with Crippen LogP contribution in [-0.4, -0.2) is 36.5 Å². The normalized spacial score (nSPS) is 25.0. The lowest BCUT2D eigenvalue weighted by atomic mass is 9.93. The maximum Gasteiger partial charge on any atom is 0.256 e. The Hall–Kier alpha value is -1.20. The Morgan fingerprint density at radius 3 is 2.90 bits per heavy atom. The van der Waals surface area contributed by atoms with Crippen molar-refractivity contribution < 1.29 is 13.6 Å².